The Kier molecular flexibility index (Phi) is 5.36. The molecule has 3 N–H and O–H groups in total. The predicted octanol–water partition coefficient (Wildman–Crippen LogP) is 2.19. The molecule has 0 saturated heterocycles. The molecule has 0 aliphatic carbocycles. The number of carbonyl (C=O) groups excluding carboxylic acids is 1. The maximum Gasteiger partial charge on any atom is 0.248 e. The van der Waals surface area contributed by atoms with Gasteiger partial charge >= 0.3 is 0 Å². The Bertz CT molecular complexity index is 407. The van der Waals surface area contributed by atoms with Crippen LogP contribution in [0.5, 0.6) is 5.75 Å². The highest BCUT2D eigenvalue weighted by molar-refractivity contribution is 5.92. The smallest absolute Gasteiger partial charge is 0.248 e. The zero-order valence-electron chi connectivity index (χ0n) is 12.2. The van der Waals surface area contributed by atoms with Crippen molar-refractivity contribution in [3.8, 4) is 5.75 Å². The summed E-state index contributed by atoms with van der Waals surface area (Å²) in [6.45, 7) is 10.1. The lowest BCUT2D eigenvalue weighted by molar-refractivity contribution is 0.1000. The molecule has 1 aromatic carbocycles. The number of nitrogens with one attached hydrogen (secondary N) is 1. The second-order valence-electron chi connectivity index (χ2n) is 5.94. The fraction of sp³-hybridized carbons (Fsp3) is 0.533. The summed E-state index contributed by atoms with van der Waals surface area (Å²) in [5, 5.41) is 3.44. The van der Waals surface area contributed by atoms with E-state index in [0.717, 1.165) is 12.3 Å². The number of primary amides is 1. The Balaban J connectivity index is 2.37. The van der Waals surface area contributed by atoms with Crippen molar-refractivity contribution in [2.45, 2.75) is 33.2 Å². The lowest BCUT2D eigenvalue weighted by Gasteiger charge is -2.23. The normalized spacial score (nSPS) is 13.1. The van der Waals surface area contributed by atoms with Gasteiger partial charge in [0.25, 0.3) is 0 Å². The molecule has 0 saturated carbocycles. The first-order valence-corrected chi connectivity index (χ1v) is 6.55. The van der Waals surface area contributed by atoms with E-state index in [4.69, 9.17) is 10.5 Å². The molecule has 19 heavy (non-hydrogen) atoms. The number of carbonyl (C=O) groups is 1. The second kappa shape index (κ2) is 6.57. The Morgan fingerprint density at radius 3 is 2.37 bits per heavy atom. The number of benzene rings is 1. The van der Waals surface area contributed by atoms with Crippen molar-refractivity contribution in [3.63, 3.8) is 0 Å². The van der Waals surface area contributed by atoms with Crippen molar-refractivity contribution in [2.24, 2.45) is 11.7 Å². The average Bonchev–Trinajstić information content (AvgIpc) is 2.33. The summed E-state index contributed by atoms with van der Waals surface area (Å²) < 4.78 is 5.68. The SMILES string of the molecule is CC(CNC(C)(C)C)COc1ccc(C(N)=O)cc1. The lowest BCUT2D eigenvalue weighted by atomic mass is 10.1. The monoisotopic (exact) mass is 264 g/mol. The van der Waals surface area contributed by atoms with Gasteiger partial charge in [-0.25, -0.2) is 0 Å². The number of nitrogens with two attached hydrogens (primary N) is 1. The third-order valence-corrected chi connectivity index (χ3v) is 2.65. The molecule has 0 aromatic heterocycles. The summed E-state index contributed by atoms with van der Waals surface area (Å²) in [7, 11) is 0. The zero-order chi connectivity index (χ0) is 14.5. The van der Waals surface area contributed by atoms with Crippen molar-refractivity contribution >= 4 is 5.91 Å². The first kappa shape index (κ1) is 15.5. The first-order valence-electron chi connectivity index (χ1n) is 6.55. The maximum absolute atomic E-state index is 10.9. The summed E-state index contributed by atoms with van der Waals surface area (Å²) in [6, 6.07) is 6.89. The molecule has 0 aliphatic rings. The van der Waals surface area contributed by atoms with Crippen molar-refractivity contribution in [1.29, 1.82) is 0 Å². The third-order valence-electron chi connectivity index (χ3n) is 2.65. The van der Waals surface area contributed by atoms with Crippen molar-refractivity contribution in [2.75, 3.05) is 13.2 Å². The van der Waals surface area contributed by atoms with Gasteiger partial charge in [-0.15, -0.1) is 0 Å². The Hall–Kier alpha value is -1.55. The topological polar surface area (TPSA) is 64.3 Å². The fourth-order valence-electron chi connectivity index (χ4n) is 1.49. The molecule has 1 unspecified atom stereocenters. The fourth-order valence-corrected chi connectivity index (χ4v) is 1.49. The van der Waals surface area contributed by atoms with E-state index >= 15 is 0 Å². The van der Waals surface area contributed by atoms with E-state index in [1.165, 1.54) is 0 Å². The molecule has 0 spiro atoms. The number of hydrogen-bond donors (Lipinski definition) is 2. The van der Waals surface area contributed by atoms with Crippen molar-refractivity contribution in [3.05, 3.63) is 29.8 Å². The standard InChI is InChI=1S/C15H24N2O2/c1-11(9-17-15(2,3)4)10-19-13-7-5-12(6-8-13)14(16)18/h5-8,11,17H,9-10H2,1-4H3,(H2,16,18). The minimum Gasteiger partial charge on any atom is -0.493 e. The van der Waals surface area contributed by atoms with E-state index in [9.17, 15) is 4.79 Å². The predicted molar refractivity (Wildman–Crippen MR) is 77.4 cm³/mol. The Morgan fingerprint density at radius 1 is 1.32 bits per heavy atom. The quantitative estimate of drug-likeness (QED) is 0.827. The molecule has 0 radical (unpaired) electrons. The first-order chi connectivity index (χ1) is 8.78. The van der Waals surface area contributed by atoms with E-state index < -0.39 is 5.91 Å². The highest BCUT2D eigenvalue weighted by atomic mass is 16.5. The molecule has 0 aliphatic heterocycles. The van der Waals surface area contributed by atoms with Crippen LogP contribution in [0, 0.1) is 5.92 Å². The molecule has 106 valence electrons. The van der Waals surface area contributed by atoms with E-state index in [-0.39, 0.29) is 5.54 Å². The van der Waals surface area contributed by atoms with Gasteiger partial charge in [0.05, 0.1) is 6.61 Å². The van der Waals surface area contributed by atoms with Gasteiger partial charge in [-0.1, -0.05) is 6.92 Å². The molecule has 0 bridgehead atoms. The largest absolute Gasteiger partial charge is 0.493 e. The summed E-state index contributed by atoms with van der Waals surface area (Å²) in [5.41, 5.74) is 5.80. The minimum atomic E-state index is -0.422. The van der Waals surface area contributed by atoms with Crippen LogP contribution in [0.3, 0.4) is 0 Å². The Labute approximate surface area is 115 Å². The molecule has 0 fully saturated rings. The van der Waals surface area contributed by atoms with Gasteiger partial charge in [0.2, 0.25) is 5.91 Å². The zero-order valence-corrected chi connectivity index (χ0v) is 12.2. The van der Waals surface area contributed by atoms with Gasteiger partial charge in [-0.3, -0.25) is 4.79 Å². The minimum absolute atomic E-state index is 0.122. The van der Waals surface area contributed by atoms with Crippen LogP contribution in [0.1, 0.15) is 38.1 Å². The van der Waals surface area contributed by atoms with E-state index in [2.05, 4.69) is 33.0 Å². The number of amides is 1. The second-order valence-corrected chi connectivity index (χ2v) is 5.94. The summed E-state index contributed by atoms with van der Waals surface area (Å²) in [4.78, 5) is 10.9. The van der Waals surface area contributed by atoms with Gasteiger partial charge in [0.15, 0.2) is 0 Å². The third kappa shape index (κ3) is 6.25. The van der Waals surface area contributed by atoms with Crippen LogP contribution < -0.4 is 15.8 Å². The molecule has 4 nitrogen and oxygen atoms in total. The average molecular weight is 264 g/mol. The van der Waals surface area contributed by atoms with E-state index in [1.807, 2.05) is 0 Å². The van der Waals surface area contributed by atoms with Crippen LogP contribution in [0.4, 0.5) is 0 Å². The van der Waals surface area contributed by atoms with Crippen LogP contribution >= 0.6 is 0 Å². The van der Waals surface area contributed by atoms with Crippen LogP contribution in [0.2, 0.25) is 0 Å². The van der Waals surface area contributed by atoms with Gasteiger partial charge in [0.1, 0.15) is 5.75 Å². The number of rotatable bonds is 6. The van der Waals surface area contributed by atoms with Gasteiger partial charge in [-0.05, 0) is 45.0 Å². The van der Waals surface area contributed by atoms with Crippen LogP contribution in [0.25, 0.3) is 0 Å². The summed E-state index contributed by atoms with van der Waals surface area (Å²) >= 11 is 0. The molecule has 1 amide bonds. The van der Waals surface area contributed by atoms with Gasteiger partial charge in [-0.2, -0.15) is 0 Å². The number of hydrogen-bond acceptors (Lipinski definition) is 3. The number of ether oxygens (including phenoxy) is 1. The molecule has 0 heterocycles. The van der Waals surface area contributed by atoms with Crippen molar-refractivity contribution < 1.29 is 9.53 Å². The maximum atomic E-state index is 10.9. The molecule has 4 heteroatoms. The van der Waals surface area contributed by atoms with Crippen LogP contribution in [0.15, 0.2) is 24.3 Å². The Morgan fingerprint density at radius 2 is 1.89 bits per heavy atom. The highest BCUT2D eigenvalue weighted by Gasteiger charge is 2.11. The molecular weight excluding hydrogens is 240 g/mol. The molecule has 1 aromatic rings. The lowest BCUT2D eigenvalue weighted by Crippen LogP contribution is -2.39. The summed E-state index contributed by atoms with van der Waals surface area (Å²) in [5.74, 6) is 0.747. The summed E-state index contributed by atoms with van der Waals surface area (Å²) in [6.07, 6.45) is 0. The van der Waals surface area contributed by atoms with E-state index in [0.29, 0.717) is 18.1 Å². The molecular formula is C15H24N2O2. The molecule has 1 rings (SSSR count). The van der Waals surface area contributed by atoms with Gasteiger partial charge < -0.3 is 15.8 Å². The van der Waals surface area contributed by atoms with Crippen LogP contribution in [-0.4, -0.2) is 24.6 Å². The molecule has 1 atom stereocenters. The van der Waals surface area contributed by atoms with Crippen LogP contribution in [-0.2, 0) is 0 Å². The highest BCUT2D eigenvalue weighted by Crippen LogP contribution is 2.13. The van der Waals surface area contributed by atoms with Crippen molar-refractivity contribution in [1.82, 2.24) is 5.32 Å². The van der Waals surface area contributed by atoms with Gasteiger partial charge in [0, 0.05) is 23.6 Å². The van der Waals surface area contributed by atoms with E-state index in [1.54, 1.807) is 24.3 Å².